The van der Waals surface area contributed by atoms with Crippen molar-refractivity contribution in [1.82, 2.24) is 10.4 Å². The molecule has 2 aromatic heterocycles. The second-order valence-electron chi connectivity index (χ2n) is 7.19. The van der Waals surface area contributed by atoms with E-state index in [0.717, 1.165) is 32.9 Å². The van der Waals surface area contributed by atoms with Gasteiger partial charge < -0.3 is 15.8 Å². The molecule has 3 rings (SSSR count). The van der Waals surface area contributed by atoms with Gasteiger partial charge in [-0.2, -0.15) is 23.5 Å². The zero-order chi connectivity index (χ0) is 21.9. The van der Waals surface area contributed by atoms with E-state index in [2.05, 4.69) is 10.4 Å². The van der Waals surface area contributed by atoms with E-state index in [4.69, 9.17) is 15.5 Å². The van der Waals surface area contributed by atoms with Crippen molar-refractivity contribution < 1.29 is 22.4 Å². The fourth-order valence-electron chi connectivity index (χ4n) is 3.42. The monoisotopic (exact) mass is 421 g/mol. The number of aliphatic imine (C=N–C) groups is 1. The van der Waals surface area contributed by atoms with Gasteiger partial charge in [-0.15, -0.1) is 0 Å². The molecular formula is C20H24F3N6O+. The zero-order valence-electron chi connectivity index (χ0n) is 16.8. The van der Waals surface area contributed by atoms with Crippen molar-refractivity contribution in [3.05, 3.63) is 35.8 Å². The first-order valence-electron chi connectivity index (χ1n) is 9.62. The average Bonchev–Trinajstić information content (AvgIpc) is 3.12. The number of piperidine rings is 1. The molecule has 1 atom stereocenters. The fraction of sp³-hybridized carbons (Fsp3) is 0.450. The molecule has 7 nitrogen and oxygen atoms in total. The van der Waals surface area contributed by atoms with E-state index in [9.17, 15) is 18.4 Å². The van der Waals surface area contributed by atoms with Crippen LogP contribution in [0, 0.1) is 11.3 Å². The average molecular weight is 421 g/mol. The molecule has 10 heteroatoms. The summed E-state index contributed by atoms with van der Waals surface area (Å²) in [6.07, 6.45) is -0.340. The van der Waals surface area contributed by atoms with E-state index < -0.39 is 12.3 Å². The van der Waals surface area contributed by atoms with Gasteiger partial charge in [0.15, 0.2) is 17.4 Å². The number of allylic oxidation sites excluding steroid dienone is 1. The number of rotatable bonds is 5. The molecule has 0 saturated carbocycles. The first-order valence-corrected chi connectivity index (χ1v) is 9.62. The molecule has 0 aromatic carbocycles. The molecule has 0 radical (unpaired) electrons. The van der Waals surface area contributed by atoms with Gasteiger partial charge in [0.2, 0.25) is 6.20 Å². The Morgan fingerprint density at radius 3 is 2.73 bits per heavy atom. The minimum Gasteiger partial charge on any atom is -0.474 e. The van der Waals surface area contributed by atoms with Crippen LogP contribution in [0.25, 0.3) is 11.1 Å². The molecule has 0 bridgehead atoms. The van der Waals surface area contributed by atoms with Crippen LogP contribution in [-0.2, 0) is 0 Å². The van der Waals surface area contributed by atoms with Gasteiger partial charge in [0.05, 0.1) is 17.8 Å². The van der Waals surface area contributed by atoms with Gasteiger partial charge in [-0.05, 0) is 39.8 Å². The number of H-pyrrole nitrogens is 1. The maximum absolute atomic E-state index is 13.1. The number of halogens is 3. The van der Waals surface area contributed by atoms with Crippen LogP contribution in [-0.4, -0.2) is 42.2 Å². The van der Waals surface area contributed by atoms with E-state index in [-0.39, 0.29) is 22.9 Å². The van der Waals surface area contributed by atoms with Crippen molar-refractivity contribution in [2.75, 3.05) is 13.1 Å². The number of fused-ring (bicyclic) bond motifs is 1. The molecule has 1 aliphatic heterocycles. The Morgan fingerprint density at radius 2 is 2.13 bits per heavy atom. The standard InChI is InChI=1S/C20H23F3N6O/c1-12(28-16-3-5-26-6-4-16)17(9-25)14-7-18(30-13(2)20(21,22)23)19-15(8-24)10-27-29(19)11-14/h7,9-11,13,16,26H,3-6H2,1-2H3,(H2,25,28)/p+1/t13-/m0/s1. The number of ether oxygens (including phenoxy) is 1. The molecule has 0 spiro atoms. The molecule has 30 heavy (non-hydrogen) atoms. The summed E-state index contributed by atoms with van der Waals surface area (Å²) >= 11 is 0. The highest BCUT2D eigenvalue weighted by molar-refractivity contribution is 6.22. The highest BCUT2D eigenvalue weighted by atomic mass is 19.4. The number of nitriles is 1. The highest BCUT2D eigenvalue weighted by Crippen LogP contribution is 2.30. The number of alkyl halides is 3. The summed E-state index contributed by atoms with van der Waals surface area (Å²) in [7, 11) is 0. The van der Waals surface area contributed by atoms with E-state index in [1.54, 1.807) is 6.20 Å². The quantitative estimate of drug-likeness (QED) is 0.510. The lowest BCUT2D eigenvalue weighted by molar-refractivity contribution is -0.577. The van der Waals surface area contributed by atoms with Crippen LogP contribution in [0.3, 0.4) is 0 Å². The van der Waals surface area contributed by atoms with Gasteiger partial charge >= 0.3 is 6.18 Å². The van der Waals surface area contributed by atoms with Gasteiger partial charge in [0.1, 0.15) is 6.07 Å². The number of aromatic amines is 1. The topological polar surface area (TPSA) is 103 Å². The molecule has 1 aliphatic rings. The summed E-state index contributed by atoms with van der Waals surface area (Å²) < 4.78 is 46.0. The second-order valence-corrected chi connectivity index (χ2v) is 7.19. The number of pyridine rings is 1. The van der Waals surface area contributed by atoms with E-state index >= 15 is 0 Å². The Labute approximate surface area is 172 Å². The van der Waals surface area contributed by atoms with Gasteiger partial charge in [-0.1, -0.05) is 4.52 Å². The van der Waals surface area contributed by atoms with Gasteiger partial charge in [0.25, 0.3) is 5.52 Å². The summed E-state index contributed by atoms with van der Waals surface area (Å²) in [5, 5.41) is 15.4. The van der Waals surface area contributed by atoms with Gasteiger partial charge in [0, 0.05) is 23.6 Å². The summed E-state index contributed by atoms with van der Waals surface area (Å²) in [6, 6.07) is 3.59. The molecule has 0 unspecified atom stereocenters. The largest absolute Gasteiger partial charge is 0.474 e. The summed E-state index contributed by atoms with van der Waals surface area (Å²) in [4.78, 5) is 4.75. The van der Waals surface area contributed by atoms with Crippen LogP contribution in [0.2, 0.25) is 0 Å². The van der Waals surface area contributed by atoms with E-state index in [1.807, 2.05) is 13.0 Å². The molecule has 160 valence electrons. The number of nitrogens with two attached hydrogens (primary N) is 1. The number of hydrogen-bond donors (Lipinski definition) is 3. The lowest BCUT2D eigenvalue weighted by Crippen LogP contribution is -2.33. The van der Waals surface area contributed by atoms with Crippen LogP contribution in [0.1, 0.15) is 37.8 Å². The minimum atomic E-state index is -4.55. The lowest BCUT2D eigenvalue weighted by Gasteiger charge is -2.20. The zero-order valence-corrected chi connectivity index (χ0v) is 16.8. The molecule has 0 amide bonds. The number of nitrogens with one attached hydrogen (secondary N) is 2. The Morgan fingerprint density at radius 1 is 1.43 bits per heavy atom. The van der Waals surface area contributed by atoms with Crippen LogP contribution in [0.4, 0.5) is 13.2 Å². The maximum Gasteiger partial charge on any atom is 0.425 e. The maximum atomic E-state index is 13.1. The Kier molecular flexibility index (Phi) is 6.31. The third-order valence-corrected chi connectivity index (χ3v) is 5.07. The molecule has 0 aliphatic carbocycles. The molecular weight excluding hydrogens is 397 g/mol. The van der Waals surface area contributed by atoms with Gasteiger partial charge in [-0.25, -0.2) is 0 Å². The number of hydrogen-bond acceptors (Lipinski definition) is 5. The molecule has 3 heterocycles. The third-order valence-electron chi connectivity index (χ3n) is 5.07. The highest BCUT2D eigenvalue weighted by Gasteiger charge is 2.39. The minimum absolute atomic E-state index is 0.0656. The summed E-state index contributed by atoms with van der Waals surface area (Å²) in [6.45, 7) is 4.52. The first-order chi connectivity index (χ1) is 14.2. The third kappa shape index (κ3) is 4.57. The Bertz CT molecular complexity index is 1010. The van der Waals surface area contributed by atoms with Gasteiger partial charge in [-0.3, -0.25) is 4.99 Å². The Hall–Kier alpha value is -3.06. The summed E-state index contributed by atoms with van der Waals surface area (Å²) in [5.41, 5.74) is 8.05. The second kappa shape index (κ2) is 8.75. The SMILES string of the molecule is CC(=NC1CCNCC1)/C(=C\N)c1cc(O[C@@H](C)C(F)(F)F)c2c(C#N)c[nH][n+]2c1. The lowest BCUT2D eigenvalue weighted by atomic mass is 10.0. The van der Waals surface area contributed by atoms with Crippen LogP contribution >= 0.6 is 0 Å². The molecule has 4 N–H and O–H groups in total. The molecule has 1 fully saturated rings. The smallest absolute Gasteiger partial charge is 0.425 e. The van der Waals surface area contributed by atoms with Crippen molar-refractivity contribution in [3.8, 4) is 11.8 Å². The van der Waals surface area contributed by atoms with Crippen molar-refractivity contribution >= 4 is 16.8 Å². The van der Waals surface area contributed by atoms with Crippen LogP contribution in [0.15, 0.2) is 29.7 Å². The number of nitrogens with zero attached hydrogens (tertiary/aromatic N) is 3. The van der Waals surface area contributed by atoms with E-state index in [0.29, 0.717) is 16.8 Å². The normalized spacial score (nSPS) is 17.7. The molecule has 1 saturated heterocycles. The van der Waals surface area contributed by atoms with E-state index in [1.165, 1.54) is 23.0 Å². The predicted octanol–water partition coefficient (Wildman–Crippen LogP) is 2.47. The summed E-state index contributed by atoms with van der Waals surface area (Å²) in [5.74, 6) is -0.0656. The predicted molar refractivity (Wildman–Crippen MR) is 106 cm³/mol. The number of aromatic nitrogens is 2. The Balaban J connectivity index is 2.05. The van der Waals surface area contributed by atoms with Crippen LogP contribution in [0.5, 0.6) is 5.75 Å². The van der Waals surface area contributed by atoms with Crippen molar-refractivity contribution in [3.63, 3.8) is 0 Å². The first kappa shape index (κ1) is 21.6. The molecule has 2 aromatic rings. The van der Waals surface area contributed by atoms with Crippen LogP contribution < -0.4 is 20.3 Å². The van der Waals surface area contributed by atoms with Crippen molar-refractivity contribution in [2.24, 2.45) is 10.7 Å². The van der Waals surface area contributed by atoms with Crippen molar-refractivity contribution in [2.45, 2.75) is 45.0 Å². The van der Waals surface area contributed by atoms with Crippen molar-refractivity contribution in [1.29, 1.82) is 5.26 Å². The fourth-order valence-corrected chi connectivity index (χ4v) is 3.42.